The van der Waals surface area contributed by atoms with Crippen molar-refractivity contribution in [3.63, 3.8) is 0 Å². The molecule has 0 amide bonds. The summed E-state index contributed by atoms with van der Waals surface area (Å²) >= 11 is 0. The van der Waals surface area contributed by atoms with Gasteiger partial charge in [-0.2, -0.15) is 0 Å². The molecule has 1 heterocycles. The van der Waals surface area contributed by atoms with E-state index in [1.54, 1.807) is 16.7 Å². The van der Waals surface area contributed by atoms with Crippen molar-refractivity contribution in [2.75, 3.05) is 11.4 Å². The summed E-state index contributed by atoms with van der Waals surface area (Å²) in [7, 11) is 0. The molecule has 0 bridgehead atoms. The summed E-state index contributed by atoms with van der Waals surface area (Å²) in [6, 6.07) is 5.67. The number of benzene rings is 1. The van der Waals surface area contributed by atoms with Crippen LogP contribution in [-0.2, 0) is 12.8 Å². The van der Waals surface area contributed by atoms with Crippen LogP contribution in [0, 0.1) is 5.92 Å². The SMILES string of the molecule is CCN1c2cc3c(cc2C[C@@H]1C)C[C@@H](C)[C@H]3C. The lowest BCUT2D eigenvalue weighted by Gasteiger charge is -2.23. The van der Waals surface area contributed by atoms with Crippen LogP contribution in [-0.4, -0.2) is 12.6 Å². The first-order valence-corrected chi connectivity index (χ1v) is 7.04. The van der Waals surface area contributed by atoms with Crippen molar-refractivity contribution >= 4 is 5.69 Å². The van der Waals surface area contributed by atoms with Crippen LogP contribution in [0.3, 0.4) is 0 Å². The highest BCUT2D eigenvalue weighted by Gasteiger charge is 2.31. The Balaban J connectivity index is 2.08. The highest BCUT2D eigenvalue weighted by Crippen LogP contribution is 2.43. The Kier molecular flexibility index (Phi) is 2.46. The van der Waals surface area contributed by atoms with E-state index in [2.05, 4.69) is 44.7 Å². The quantitative estimate of drug-likeness (QED) is 0.709. The largest absolute Gasteiger partial charge is 0.369 e. The minimum absolute atomic E-state index is 0.685. The number of fused-ring (bicyclic) bond motifs is 2. The van der Waals surface area contributed by atoms with Gasteiger partial charge in [0.1, 0.15) is 0 Å². The molecule has 0 N–H and O–H groups in total. The Bertz CT molecular complexity index is 449. The maximum Gasteiger partial charge on any atom is 0.0405 e. The molecule has 0 saturated heterocycles. The van der Waals surface area contributed by atoms with E-state index in [-0.39, 0.29) is 0 Å². The highest BCUT2D eigenvalue weighted by molar-refractivity contribution is 5.63. The first-order chi connectivity index (χ1) is 8.11. The van der Waals surface area contributed by atoms with Crippen LogP contribution >= 0.6 is 0 Å². The average Bonchev–Trinajstić information content (AvgIpc) is 2.74. The smallest absolute Gasteiger partial charge is 0.0405 e. The van der Waals surface area contributed by atoms with Crippen molar-refractivity contribution in [2.24, 2.45) is 5.92 Å². The second-order valence-electron chi connectivity index (χ2n) is 5.99. The van der Waals surface area contributed by atoms with E-state index in [0.717, 1.165) is 18.4 Å². The van der Waals surface area contributed by atoms with E-state index in [0.29, 0.717) is 6.04 Å². The standard InChI is InChI=1S/C16H23N/c1-5-17-11(3)7-14-8-13-6-10(2)12(4)15(13)9-16(14)17/h8-12H,5-7H2,1-4H3/t10-,11+,12-/m1/s1. The Hall–Kier alpha value is -0.980. The van der Waals surface area contributed by atoms with E-state index in [1.165, 1.54) is 18.5 Å². The molecule has 3 rings (SSSR count). The maximum atomic E-state index is 2.56. The number of hydrogen-bond donors (Lipinski definition) is 0. The molecule has 1 heteroatoms. The summed E-state index contributed by atoms with van der Waals surface area (Å²) in [6.07, 6.45) is 2.52. The number of nitrogens with zero attached hydrogens (tertiary/aromatic N) is 1. The van der Waals surface area contributed by atoms with E-state index < -0.39 is 0 Å². The Morgan fingerprint density at radius 3 is 2.59 bits per heavy atom. The molecule has 17 heavy (non-hydrogen) atoms. The van der Waals surface area contributed by atoms with Gasteiger partial charge >= 0.3 is 0 Å². The third-order valence-corrected chi connectivity index (χ3v) is 4.92. The summed E-state index contributed by atoms with van der Waals surface area (Å²) in [5, 5.41) is 0. The van der Waals surface area contributed by atoms with E-state index >= 15 is 0 Å². The van der Waals surface area contributed by atoms with Crippen LogP contribution in [0.15, 0.2) is 12.1 Å². The van der Waals surface area contributed by atoms with E-state index in [4.69, 9.17) is 0 Å². The van der Waals surface area contributed by atoms with Crippen molar-refractivity contribution in [3.8, 4) is 0 Å². The van der Waals surface area contributed by atoms with Crippen molar-refractivity contribution in [1.82, 2.24) is 0 Å². The van der Waals surface area contributed by atoms with Gasteiger partial charge < -0.3 is 4.90 Å². The number of rotatable bonds is 1. The van der Waals surface area contributed by atoms with Gasteiger partial charge in [-0.3, -0.25) is 0 Å². The van der Waals surface area contributed by atoms with Crippen LogP contribution in [0.25, 0.3) is 0 Å². The molecule has 1 aromatic carbocycles. The van der Waals surface area contributed by atoms with Crippen molar-refractivity contribution in [3.05, 3.63) is 28.8 Å². The summed E-state index contributed by atoms with van der Waals surface area (Å²) in [5.74, 6) is 1.56. The van der Waals surface area contributed by atoms with E-state index in [1.807, 2.05) is 0 Å². The van der Waals surface area contributed by atoms with Crippen molar-refractivity contribution in [2.45, 2.75) is 52.5 Å². The average molecular weight is 229 g/mol. The molecule has 0 saturated carbocycles. The molecule has 0 spiro atoms. The minimum atomic E-state index is 0.685. The molecular formula is C16H23N. The van der Waals surface area contributed by atoms with Crippen molar-refractivity contribution in [1.29, 1.82) is 0 Å². The zero-order valence-electron chi connectivity index (χ0n) is 11.5. The molecule has 3 atom stereocenters. The lowest BCUT2D eigenvalue weighted by atomic mass is 9.96. The lowest BCUT2D eigenvalue weighted by Crippen LogP contribution is -2.28. The second-order valence-corrected chi connectivity index (χ2v) is 5.99. The van der Waals surface area contributed by atoms with Crippen LogP contribution in [0.2, 0.25) is 0 Å². The van der Waals surface area contributed by atoms with Gasteiger partial charge in [0.05, 0.1) is 0 Å². The normalized spacial score (nSPS) is 30.6. The molecule has 0 fully saturated rings. The summed E-state index contributed by atoms with van der Waals surface area (Å²) in [6.45, 7) is 10.5. The first-order valence-electron chi connectivity index (χ1n) is 7.04. The number of anilines is 1. The number of likely N-dealkylation sites (N-methyl/N-ethyl adjacent to an activating group) is 1. The molecule has 0 aromatic heterocycles. The molecule has 1 nitrogen and oxygen atoms in total. The maximum absolute atomic E-state index is 2.56. The topological polar surface area (TPSA) is 3.24 Å². The molecular weight excluding hydrogens is 206 g/mol. The van der Waals surface area contributed by atoms with Crippen LogP contribution in [0.1, 0.15) is 50.3 Å². The van der Waals surface area contributed by atoms with Gasteiger partial charge in [-0.25, -0.2) is 0 Å². The monoisotopic (exact) mass is 229 g/mol. The minimum Gasteiger partial charge on any atom is -0.369 e. The zero-order valence-corrected chi connectivity index (χ0v) is 11.5. The van der Waals surface area contributed by atoms with Gasteiger partial charge in [0.25, 0.3) is 0 Å². The van der Waals surface area contributed by atoms with Crippen LogP contribution in [0.5, 0.6) is 0 Å². The van der Waals surface area contributed by atoms with Crippen LogP contribution < -0.4 is 4.90 Å². The molecule has 0 unspecified atom stereocenters. The van der Waals surface area contributed by atoms with Gasteiger partial charge in [-0.1, -0.05) is 19.9 Å². The molecule has 92 valence electrons. The second kappa shape index (κ2) is 3.76. The molecule has 0 radical (unpaired) electrons. The lowest BCUT2D eigenvalue weighted by molar-refractivity contribution is 0.532. The van der Waals surface area contributed by atoms with Gasteiger partial charge in [0.2, 0.25) is 0 Å². The summed E-state index contributed by atoms with van der Waals surface area (Å²) < 4.78 is 0. The third-order valence-electron chi connectivity index (χ3n) is 4.92. The molecule has 1 aliphatic heterocycles. The highest BCUT2D eigenvalue weighted by atomic mass is 15.2. The van der Waals surface area contributed by atoms with Gasteiger partial charge in [0, 0.05) is 18.3 Å². The fourth-order valence-corrected chi connectivity index (χ4v) is 3.71. The molecule has 1 aliphatic carbocycles. The fraction of sp³-hybridized carbons (Fsp3) is 0.625. The van der Waals surface area contributed by atoms with E-state index in [9.17, 15) is 0 Å². The predicted molar refractivity (Wildman–Crippen MR) is 73.9 cm³/mol. The van der Waals surface area contributed by atoms with Crippen molar-refractivity contribution < 1.29 is 0 Å². The molecule has 2 aliphatic rings. The van der Waals surface area contributed by atoms with Gasteiger partial charge in [-0.15, -0.1) is 0 Å². The Morgan fingerprint density at radius 1 is 1.12 bits per heavy atom. The number of hydrogen-bond acceptors (Lipinski definition) is 1. The summed E-state index contributed by atoms with van der Waals surface area (Å²) in [4.78, 5) is 2.56. The van der Waals surface area contributed by atoms with Crippen LogP contribution in [0.4, 0.5) is 5.69 Å². The molecule has 1 aromatic rings. The summed E-state index contributed by atoms with van der Waals surface area (Å²) in [5.41, 5.74) is 6.33. The first kappa shape index (κ1) is 11.1. The predicted octanol–water partition coefficient (Wildman–Crippen LogP) is 3.75. The van der Waals surface area contributed by atoms with Gasteiger partial charge in [-0.05, 0) is 61.3 Å². The Labute approximate surface area is 105 Å². The Morgan fingerprint density at radius 2 is 1.88 bits per heavy atom. The van der Waals surface area contributed by atoms with Gasteiger partial charge in [0.15, 0.2) is 0 Å². The fourth-order valence-electron chi connectivity index (χ4n) is 3.71. The zero-order chi connectivity index (χ0) is 12.2. The third kappa shape index (κ3) is 1.51.